The lowest BCUT2D eigenvalue weighted by Gasteiger charge is -2.45. The number of hydrogen-bond acceptors (Lipinski definition) is 9. The standard InChI is InChI=1S/C49H61Cl2N7O7/c1-8-9-11-35(24-44(59)60)47(63)57-23-10-22-49(31-57,26-33-12-17-37(50)18-13-33)54-45(61)41-30-64-48(3,4)58(41)46(62)32(2)52-27-36-14-19-38(51)25-42(36)65-39-20-15-34(16-21-39)40-28-53-43(56(40)7)29-55(5)6/h8-9,12-21,25,28,32,35,41,52H,10-11,22-24,26-27,29-31H2,1-7H3,(H,54,61)(H,59,60). The van der Waals surface area contributed by atoms with E-state index in [1.807, 2.05) is 76.7 Å². The van der Waals surface area contributed by atoms with Gasteiger partial charge in [-0.05, 0) is 122 Å². The molecule has 0 bridgehead atoms. The minimum absolute atomic E-state index is 0.0349. The van der Waals surface area contributed by atoms with Gasteiger partial charge in [-0.2, -0.15) is 0 Å². The largest absolute Gasteiger partial charge is 0.481 e. The summed E-state index contributed by atoms with van der Waals surface area (Å²) in [5.41, 5.74) is 1.59. The van der Waals surface area contributed by atoms with Crippen LogP contribution in [-0.4, -0.2) is 110 Å². The smallest absolute Gasteiger partial charge is 0.304 e. The third-order valence-electron chi connectivity index (χ3n) is 12.1. The van der Waals surface area contributed by atoms with Crippen LogP contribution in [0.5, 0.6) is 11.5 Å². The van der Waals surface area contributed by atoms with Crippen molar-refractivity contribution in [2.24, 2.45) is 13.0 Å². The number of rotatable bonds is 18. The maximum Gasteiger partial charge on any atom is 0.304 e. The third-order valence-corrected chi connectivity index (χ3v) is 12.6. The van der Waals surface area contributed by atoms with Gasteiger partial charge in [0, 0.05) is 47.9 Å². The second-order valence-electron chi connectivity index (χ2n) is 17.9. The molecule has 2 aliphatic heterocycles. The van der Waals surface area contributed by atoms with Gasteiger partial charge >= 0.3 is 5.97 Å². The molecule has 0 saturated carbocycles. The summed E-state index contributed by atoms with van der Waals surface area (Å²) in [4.78, 5) is 64.7. The summed E-state index contributed by atoms with van der Waals surface area (Å²) in [6.45, 7) is 8.61. The van der Waals surface area contributed by atoms with Crippen molar-refractivity contribution in [2.75, 3.05) is 33.8 Å². The fraction of sp³-hybridized carbons (Fsp3) is 0.449. The molecule has 3 amide bonds. The lowest BCUT2D eigenvalue weighted by molar-refractivity contribution is -0.152. The molecule has 0 aliphatic carbocycles. The van der Waals surface area contributed by atoms with Crippen LogP contribution in [0.15, 0.2) is 85.1 Å². The van der Waals surface area contributed by atoms with Crippen molar-refractivity contribution in [2.45, 2.75) is 96.2 Å². The number of carbonyl (C=O) groups excluding carboxylic acids is 3. The van der Waals surface area contributed by atoms with Gasteiger partial charge in [-0.3, -0.25) is 24.1 Å². The second-order valence-corrected chi connectivity index (χ2v) is 18.7. The number of carboxylic acid groups (broad SMARTS) is 1. The van der Waals surface area contributed by atoms with Crippen LogP contribution in [0.3, 0.4) is 0 Å². The van der Waals surface area contributed by atoms with E-state index in [1.54, 1.807) is 62.1 Å². The SMILES string of the molecule is CC=CCC(CC(=O)O)C(=O)N1CCCC(Cc2ccc(Cl)cc2)(NC(=O)C2COC(C)(C)N2C(=O)C(C)NCc2ccc(Cl)cc2Oc2ccc(-c3cnc(CN(C)C)n3C)cc2)C1. The van der Waals surface area contributed by atoms with Crippen molar-refractivity contribution in [1.29, 1.82) is 0 Å². The number of amides is 3. The van der Waals surface area contributed by atoms with Crippen LogP contribution in [0, 0.1) is 5.92 Å². The Morgan fingerprint density at radius 3 is 2.42 bits per heavy atom. The first-order valence-corrected chi connectivity index (χ1v) is 22.7. The number of nitrogens with one attached hydrogen (secondary N) is 2. The monoisotopic (exact) mass is 929 g/mol. The lowest BCUT2D eigenvalue weighted by atomic mass is 9.82. The number of benzene rings is 3. The van der Waals surface area contributed by atoms with Crippen molar-refractivity contribution in [3.8, 4) is 22.8 Å². The molecule has 4 unspecified atom stereocenters. The molecule has 4 aromatic rings. The third kappa shape index (κ3) is 12.4. The molecule has 6 rings (SSSR count). The molecule has 3 N–H and O–H groups in total. The number of ether oxygens (including phenoxy) is 2. The molecule has 3 heterocycles. The molecular weight excluding hydrogens is 869 g/mol. The van der Waals surface area contributed by atoms with E-state index < -0.39 is 41.1 Å². The molecular formula is C49H61Cl2N7O7. The number of halogens is 2. The predicted octanol–water partition coefficient (Wildman–Crippen LogP) is 7.47. The minimum Gasteiger partial charge on any atom is -0.481 e. The van der Waals surface area contributed by atoms with Gasteiger partial charge in [0.2, 0.25) is 17.7 Å². The number of hydrogen-bond donors (Lipinski definition) is 3. The van der Waals surface area contributed by atoms with E-state index in [1.165, 1.54) is 4.90 Å². The average Bonchev–Trinajstić information content (AvgIpc) is 3.79. The fourth-order valence-corrected chi connectivity index (χ4v) is 8.99. The summed E-state index contributed by atoms with van der Waals surface area (Å²) < 4.78 is 14.6. The number of nitrogens with zero attached hydrogens (tertiary/aromatic N) is 5. The Balaban J connectivity index is 1.16. The van der Waals surface area contributed by atoms with E-state index in [4.69, 9.17) is 32.7 Å². The highest BCUT2D eigenvalue weighted by molar-refractivity contribution is 6.31. The number of allylic oxidation sites excluding steroid dienone is 2. The van der Waals surface area contributed by atoms with Crippen molar-refractivity contribution >= 4 is 46.9 Å². The maximum absolute atomic E-state index is 14.6. The van der Waals surface area contributed by atoms with Crippen molar-refractivity contribution in [3.63, 3.8) is 0 Å². The van der Waals surface area contributed by atoms with Gasteiger partial charge < -0.3 is 39.6 Å². The van der Waals surface area contributed by atoms with Crippen LogP contribution < -0.4 is 15.4 Å². The molecule has 0 spiro atoms. The zero-order chi connectivity index (χ0) is 47.1. The summed E-state index contributed by atoms with van der Waals surface area (Å²) in [5.74, 6) is -0.738. The molecule has 16 heteroatoms. The Hall–Kier alpha value is -5.25. The molecule has 1 aromatic heterocycles. The van der Waals surface area contributed by atoms with E-state index in [0.717, 1.165) is 34.8 Å². The minimum atomic E-state index is -1.12. The van der Waals surface area contributed by atoms with Crippen LogP contribution in [0.1, 0.15) is 70.3 Å². The molecule has 4 atom stereocenters. The van der Waals surface area contributed by atoms with Crippen LogP contribution >= 0.6 is 23.2 Å². The van der Waals surface area contributed by atoms with Crippen LogP contribution in [-0.2, 0) is 50.5 Å². The molecule has 65 heavy (non-hydrogen) atoms. The first kappa shape index (κ1) is 49.2. The number of carbonyl (C=O) groups is 4. The van der Waals surface area contributed by atoms with E-state index in [-0.39, 0.29) is 37.9 Å². The van der Waals surface area contributed by atoms with Gasteiger partial charge in [-0.1, -0.05) is 53.6 Å². The number of imidazole rings is 1. The quantitative estimate of drug-likeness (QED) is 0.0856. The van der Waals surface area contributed by atoms with Gasteiger partial charge in [0.25, 0.3) is 0 Å². The van der Waals surface area contributed by atoms with Gasteiger partial charge in [0.05, 0.1) is 49.0 Å². The Morgan fingerprint density at radius 1 is 1.03 bits per heavy atom. The molecule has 2 saturated heterocycles. The van der Waals surface area contributed by atoms with Gasteiger partial charge in [-0.25, -0.2) is 4.98 Å². The average molecular weight is 931 g/mol. The summed E-state index contributed by atoms with van der Waals surface area (Å²) in [7, 11) is 6.02. The molecule has 3 aromatic carbocycles. The number of aliphatic carboxylic acids is 1. The Bertz CT molecular complexity index is 2350. The van der Waals surface area contributed by atoms with E-state index in [0.29, 0.717) is 53.8 Å². The van der Waals surface area contributed by atoms with Crippen LogP contribution in [0.2, 0.25) is 10.0 Å². The lowest BCUT2D eigenvalue weighted by Crippen LogP contribution is -2.65. The van der Waals surface area contributed by atoms with Crippen molar-refractivity contribution in [3.05, 3.63) is 112 Å². The highest BCUT2D eigenvalue weighted by Crippen LogP contribution is 2.34. The number of likely N-dealkylation sites (tertiary alicyclic amines) is 1. The van der Waals surface area contributed by atoms with Crippen LogP contribution in [0.4, 0.5) is 0 Å². The van der Waals surface area contributed by atoms with Crippen molar-refractivity contribution < 1.29 is 33.8 Å². The number of carboxylic acids is 1. The topological polar surface area (TPSA) is 159 Å². The first-order valence-electron chi connectivity index (χ1n) is 22.0. The Labute approximate surface area is 391 Å². The van der Waals surface area contributed by atoms with Crippen molar-refractivity contribution in [1.82, 2.24) is 34.9 Å². The van der Waals surface area contributed by atoms with Crippen LogP contribution in [0.25, 0.3) is 11.3 Å². The number of aromatic nitrogens is 2. The van der Waals surface area contributed by atoms with Gasteiger partial charge in [-0.15, -0.1) is 0 Å². The Kier molecular flexibility index (Phi) is 16.2. The molecule has 14 nitrogen and oxygen atoms in total. The zero-order valence-corrected chi connectivity index (χ0v) is 39.8. The van der Waals surface area contributed by atoms with E-state index in [2.05, 4.69) is 25.1 Å². The normalized spacial score (nSPS) is 19.4. The fourth-order valence-electron chi connectivity index (χ4n) is 8.70. The summed E-state index contributed by atoms with van der Waals surface area (Å²) in [5, 5.41) is 17.3. The first-order chi connectivity index (χ1) is 30.9. The zero-order valence-electron chi connectivity index (χ0n) is 38.3. The van der Waals surface area contributed by atoms with E-state index in [9.17, 15) is 24.3 Å². The maximum atomic E-state index is 14.6. The summed E-state index contributed by atoms with van der Waals surface area (Å²) >= 11 is 12.7. The van der Waals surface area contributed by atoms with Gasteiger partial charge in [0.15, 0.2) is 0 Å². The molecule has 348 valence electrons. The summed E-state index contributed by atoms with van der Waals surface area (Å²) in [6.07, 6.45) is 6.94. The Morgan fingerprint density at radius 2 is 1.74 bits per heavy atom. The second kappa shape index (κ2) is 21.4. The highest BCUT2D eigenvalue weighted by Gasteiger charge is 2.50. The molecule has 2 aliphatic rings. The van der Waals surface area contributed by atoms with E-state index >= 15 is 0 Å². The summed E-state index contributed by atoms with van der Waals surface area (Å²) in [6, 6.07) is 18.7. The molecule has 2 fully saturated rings. The predicted molar refractivity (Wildman–Crippen MR) is 252 cm³/mol. The molecule has 0 radical (unpaired) electrons. The highest BCUT2D eigenvalue weighted by atomic mass is 35.5. The number of piperidine rings is 1. The van der Waals surface area contributed by atoms with Gasteiger partial charge in [0.1, 0.15) is 29.1 Å².